The third-order valence-corrected chi connectivity index (χ3v) is 40.7. The third kappa shape index (κ3) is 16.6. The van der Waals surface area contributed by atoms with Crippen molar-refractivity contribution in [2.75, 3.05) is 114 Å². The number of thioether (sulfide) groups is 18. The Kier molecular flexibility index (Phi) is 24.1. The molecule has 92 heavy (non-hydrogen) atoms. The average molecular weight is 1560 g/mol. The largest absolute Gasteiger partial charge is 0.378 e. The zero-order chi connectivity index (χ0) is 61.6. The normalized spacial score (nSPS) is 22.0. The maximum Gasteiger partial charge on any atom is 0.0717 e. The first kappa shape index (κ1) is 67.8. The Morgan fingerprint density at radius 3 is 0.652 bits per heavy atom. The van der Waals surface area contributed by atoms with Gasteiger partial charge in [-0.2, -0.15) is 0 Å². The molecule has 3 aromatic carbocycles. The van der Waals surface area contributed by atoms with Gasteiger partial charge in [0, 0.05) is 126 Å². The third-order valence-electron chi connectivity index (χ3n) is 15.3. The highest BCUT2D eigenvalue weighted by atomic mass is 32.3. The van der Waals surface area contributed by atoms with Gasteiger partial charge in [0.25, 0.3) is 0 Å². The molecule has 28 bridgehead atoms. The monoisotopic (exact) mass is 1560 g/mol. The summed E-state index contributed by atoms with van der Waals surface area (Å²) < 4.78 is 60.8. The lowest BCUT2D eigenvalue weighted by Gasteiger charge is -2.32. The highest BCUT2D eigenvalue weighted by molar-refractivity contribution is 8.44. The van der Waals surface area contributed by atoms with E-state index in [1.807, 2.05) is 212 Å². The van der Waals surface area contributed by atoms with Crippen LogP contribution < -0.4 is 0 Å². The second-order valence-electron chi connectivity index (χ2n) is 21.6. The van der Waals surface area contributed by atoms with Crippen molar-refractivity contribution >= 4 is 212 Å². The van der Waals surface area contributed by atoms with Crippen molar-refractivity contribution in [2.45, 2.75) is 61.3 Å². The van der Waals surface area contributed by atoms with Crippen molar-refractivity contribution in [1.29, 1.82) is 0 Å². The van der Waals surface area contributed by atoms with Gasteiger partial charge in [0.2, 0.25) is 0 Å². The van der Waals surface area contributed by atoms with Crippen molar-refractivity contribution in [3.8, 4) is 0 Å². The van der Waals surface area contributed by atoms with Crippen LogP contribution in [-0.2, 0) is 53.5 Å². The fourth-order valence-corrected chi connectivity index (χ4v) is 36.4. The van der Waals surface area contributed by atoms with Crippen molar-refractivity contribution in [3.05, 3.63) is 194 Å². The van der Waals surface area contributed by atoms with Crippen LogP contribution in [0, 0.1) is 0 Å². The lowest BCUT2D eigenvalue weighted by Crippen LogP contribution is -2.25. The minimum absolute atomic E-state index is 0.409. The van der Waals surface area contributed by atoms with E-state index in [0.717, 1.165) is 54.2 Å². The maximum atomic E-state index is 6.20. The zero-order valence-electron chi connectivity index (χ0n) is 49.9. The van der Waals surface area contributed by atoms with Gasteiger partial charge in [-0.05, 0) is 40.3 Å². The summed E-state index contributed by atoms with van der Waals surface area (Å²) in [6.45, 7) is 12.4. The van der Waals surface area contributed by atoms with E-state index < -0.39 is 5.41 Å². The Hall–Kier alpha value is 0.000000000000000555. The van der Waals surface area contributed by atoms with Crippen LogP contribution in [0.15, 0.2) is 190 Å². The molecule has 0 N–H and O–H groups in total. The number of nitrogens with zero attached hydrogens (tertiary/aromatic N) is 3. The van der Waals surface area contributed by atoms with Crippen LogP contribution in [-0.4, -0.2) is 128 Å². The lowest BCUT2D eigenvalue weighted by molar-refractivity contribution is 0.0605. The summed E-state index contributed by atoms with van der Waals surface area (Å²) in [5, 5.41) is 0. The number of hydrogen-bond donors (Lipinski definition) is 0. The fourth-order valence-electron chi connectivity index (χ4n) is 10.7. The van der Waals surface area contributed by atoms with Crippen LogP contribution in [0.3, 0.4) is 0 Å². The van der Waals surface area contributed by atoms with E-state index in [9.17, 15) is 0 Å². The maximum absolute atomic E-state index is 6.20. The summed E-state index contributed by atoms with van der Waals surface area (Å²) in [7, 11) is 0. The molecule has 0 unspecified atom stereocenters. The first-order chi connectivity index (χ1) is 45.4. The molecule has 0 saturated carbocycles. The quantitative estimate of drug-likeness (QED) is 0.145. The molecule has 0 atom stereocenters. The molecule has 482 valence electrons. The molecule has 0 radical (unpaired) electrons. The highest BCUT2D eigenvalue weighted by Crippen LogP contribution is 2.67. The smallest absolute Gasteiger partial charge is 0.0717 e. The Bertz CT molecular complexity index is 3330. The molecule has 3 aromatic heterocycles. The predicted molar refractivity (Wildman–Crippen MR) is 418 cm³/mol. The molecule has 0 amide bonds. The van der Waals surface area contributed by atoms with Crippen LogP contribution in [0.2, 0.25) is 0 Å². The van der Waals surface area contributed by atoms with E-state index in [2.05, 4.69) is 131 Å². The van der Waals surface area contributed by atoms with Crippen LogP contribution in [0.4, 0.5) is 0 Å². The number of benzene rings is 3. The van der Waals surface area contributed by atoms with E-state index in [0.29, 0.717) is 79.3 Å². The van der Waals surface area contributed by atoms with Gasteiger partial charge in [-0.3, -0.25) is 0 Å². The fraction of sp³-hybridized carbons (Fsp3) is 0.354. The molecule has 28 heterocycles. The van der Waals surface area contributed by atoms with E-state index in [-0.39, 0.29) is 0 Å². The molecule has 25 aliphatic heterocycles. The summed E-state index contributed by atoms with van der Waals surface area (Å²) in [6.07, 6.45) is 14.1. The lowest BCUT2D eigenvalue weighted by atomic mass is 9.70. The standard InChI is InChI=1S/C65H63N3O6S18/c1-65-44-8-2-41(3-9-44)32-66-35-47-48(36-66)82-59(81-47)62-87-53-54(88-62)76-27-21-70-15-17-72-23-29-78-56-58(92-64(90-56)61-85-51-39-68(40-52(51)86-61)34-43-6-12-46(65)13-7-43)80-31-25-74-19-18-73-24-30-79-57-55(77-28-22-71-16-14-69-20-26-75-53)89-63(91-57)60-83-49-37-67(38-50(49)84-60)33-42-4-10-45(65)11-5-42/h2-13,35-40H,14-34H2,1H3. The Morgan fingerprint density at radius 1 is 0.250 bits per heavy atom. The molecule has 6 aromatic rings. The minimum Gasteiger partial charge on any atom is -0.378 e. The molecule has 9 nitrogen and oxygen atoms in total. The van der Waals surface area contributed by atoms with E-state index in [1.165, 1.54) is 114 Å². The number of ether oxygens (including phenoxy) is 6. The molecule has 0 fully saturated rings. The molecule has 31 rings (SSSR count). The van der Waals surface area contributed by atoms with Crippen molar-refractivity contribution < 1.29 is 28.4 Å². The molecular weight excluding hydrogens is 1500 g/mol. The Morgan fingerprint density at radius 2 is 0.446 bits per heavy atom. The first-order valence-electron chi connectivity index (χ1n) is 30.1. The molecular formula is C65H63N3O6S18. The van der Waals surface area contributed by atoms with Crippen molar-refractivity contribution in [1.82, 2.24) is 13.7 Å². The molecule has 0 spiro atoms. The zero-order valence-corrected chi connectivity index (χ0v) is 64.6. The molecule has 27 heteroatoms. The van der Waals surface area contributed by atoms with E-state index in [1.54, 1.807) is 0 Å². The van der Waals surface area contributed by atoms with Crippen molar-refractivity contribution in [3.63, 3.8) is 0 Å². The first-order valence-corrected chi connectivity index (χ1v) is 45.8. The summed E-state index contributed by atoms with van der Waals surface area (Å²) in [5.41, 5.74) is 7.28. The van der Waals surface area contributed by atoms with Gasteiger partial charge in [-0.25, -0.2) is 0 Å². The van der Waals surface area contributed by atoms with E-state index >= 15 is 0 Å². The van der Waals surface area contributed by atoms with Crippen LogP contribution in [0.5, 0.6) is 0 Å². The van der Waals surface area contributed by atoms with Crippen LogP contribution in [0.25, 0.3) is 0 Å². The van der Waals surface area contributed by atoms with Gasteiger partial charge in [0.05, 0.1) is 130 Å². The van der Waals surface area contributed by atoms with Gasteiger partial charge >= 0.3 is 0 Å². The Balaban J connectivity index is 0.752. The average Bonchev–Trinajstić information content (AvgIpc) is 1.09. The molecule has 0 saturated heterocycles. The molecule has 0 aliphatic carbocycles. The predicted octanol–water partition coefficient (Wildman–Crippen LogP) is 20.9. The number of rotatable bonds is 0. The Labute approximate surface area is 615 Å². The number of aromatic nitrogens is 3. The van der Waals surface area contributed by atoms with Gasteiger partial charge in [0.15, 0.2) is 0 Å². The summed E-state index contributed by atoms with van der Waals surface area (Å²) in [6, 6.07) is 28.4. The van der Waals surface area contributed by atoms with Crippen LogP contribution >= 0.6 is 212 Å². The number of hydrogen-bond acceptors (Lipinski definition) is 24. The molecule has 25 aliphatic rings. The second-order valence-corrected chi connectivity index (χ2v) is 43.8. The second kappa shape index (κ2) is 32.8. The van der Waals surface area contributed by atoms with Gasteiger partial charge in [0.1, 0.15) is 0 Å². The van der Waals surface area contributed by atoms with Gasteiger partial charge in [-0.15, -0.1) is 70.6 Å². The highest BCUT2D eigenvalue weighted by Gasteiger charge is 2.36. The van der Waals surface area contributed by atoms with E-state index in [4.69, 9.17) is 28.4 Å². The SMILES string of the molecule is CC12c3ccc(cc3)Cn3cc4c(c3)SC(=C3SC5=C(SCCOCCOCCSC6=C(SCCOCCOCCSC7=C(SCCOCCOCCS5)SC(=C5Sc8cn(cc8S5)Cc5ccc1cc5)S7)SC(=C1Sc5cn(cc5S1)Cc1ccc2cc1)S6)S3)S4. The van der Waals surface area contributed by atoms with Gasteiger partial charge in [-0.1, -0.05) is 214 Å². The van der Waals surface area contributed by atoms with Crippen molar-refractivity contribution in [2.24, 2.45) is 0 Å². The topological polar surface area (TPSA) is 70.2 Å². The minimum atomic E-state index is -0.409. The van der Waals surface area contributed by atoms with Crippen LogP contribution in [0.1, 0.15) is 40.3 Å². The summed E-state index contributed by atoms with van der Waals surface area (Å²) in [4.78, 5) is 7.98. The summed E-state index contributed by atoms with van der Waals surface area (Å²) >= 11 is 34.6. The summed E-state index contributed by atoms with van der Waals surface area (Å²) in [5.74, 6) is 5.30. The van der Waals surface area contributed by atoms with Gasteiger partial charge < -0.3 is 42.1 Å².